The second-order valence-corrected chi connectivity index (χ2v) is 7.59. The van der Waals surface area contributed by atoms with E-state index in [1.807, 2.05) is 30.3 Å². The molecule has 0 aromatic heterocycles. The third kappa shape index (κ3) is 6.52. The minimum absolute atomic E-state index is 0.350. The Morgan fingerprint density at radius 2 is 1.81 bits per heavy atom. The van der Waals surface area contributed by atoms with Gasteiger partial charge in [0.15, 0.2) is 5.96 Å². The number of hydrogen-bond acceptors (Lipinski definition) is 5. The molecule has 0 aliphatic carbocycles. The van der Waals surface area contributed by atoms with Crippen molar-refractivity contribution >= 4 is 5.96 Å². The summed E-state index contributed by atoms with van der Waals surface area (Å²) in [4.78, 5) is 7.21. The summed E-state index contributed by atoms with van der Waals surface area (Å²) in [5.74, 6) is 3.34. The van der Waals surface area contributed by atoms with Crippen molar-refractivity contribution in [3.63, 3.8) is 0 Å². The van der Waals surface area contributed by atoms with Crippen LogP contribution in [-0.4, -0.2) is 57.9 Å². The monoisotopic (exact) mass is 426 g/mol. The smallest absolute Gasteiger partial charge is 0.191 e. The van der Waals surface area contributed by atoms with Crippen molar-refractivity contribution in [3.05, 3.63) is 53.6 Å². The molecule has 0 spiro atoms. The van der Waals surface area contributed by atoms with Crippen LogP contribution < -0.4 is 24.8 Å². The molecule has 7 heteroatoms. The molecule has 1 fully saturated rings. The van der Waals surface area contributed by atoms with Crippen LogP contribution in [0.3, 0.4) is 0 Å². The van der Waals surface area contributed by atoms with Gasteiger partial charge in [-0.15, -0.1) is 0 Å². The number of para-hydroxylation sites is 1. The average Bonchev–Trinajstić information content (AvgIpc) is 3.23. The molecule has 1 unspecified atom stereocenters. The van der Waals surface area contributed by atoms with Crippen molar-refractivity contribution in [1.29, 1.82) is 0 Å². The first-order valence-electron chi connectivity index (χ1n) is 10.8. The van der Waals surface area contributed by atoms with Gasteiger partial charge >= 0.3 is 0 Å². The Morgan fingerprint density at radius 1 is 1.06 bits per heavy atom. The third-order valence-corrected chi connectivity index (χ3v) is 5.37. The van der Waals surface area contributed by atoms with Crippen molar-refractivity contribution in [2.24, 2.45) is 4.99 Å². The van der Waals surface area contributed by atoms with Crippen molar-refractivity contribution in [2.75, 3.05) is 41.0 Å². The minimum atomic E-state index is 0.350. The number of nitrogens with zero attached hydrogens (tertiary/aromatic N) is 2. The molecular weight excluding hydrogens is 392 g/mol. The molecule has 168 valence electrons. The summed E-state index contributed by atoms with van der Waals surface area (Å²) in [5, 5.41) is 6.95. The summed E-state index contributed by atoms with van der Waals surface area (Å²) >= 11 is 0. The third-order valence-electron chi connectivity index (χ3n) is 5.37. The van der Waals surface area contributed by atoms with Gasteiger partial charge in [0.2, 0.25) is 0 Å². The lowest BCUT2D eigenvalue weighted by Crippen LogP contribution is -2.44. The molecule has 0 bridgehead atoms. The summed E-state index contributed by atoms with van der Waals surface area (Å²) in [6.45, 7) is 6.32. The first-order chi connectivity index (χ1) is 15.1. The number of nitrogens with one attached hydrogen (secondary N) is 2. The molecule has 31 heavy (non-hydrogen) atoms. The van der Waals surface area contributed by atoms with E-state index in [0.717, 1.165) is 61.4 Å². The number of hydrogen-bond donors (Lipinski definition) is 2. The van der Waals surface area contributed by atoms with Crippen LogP contribution in [0.1, 0.15) is 24.5 Å². The Kier molecular flexibility index (Phi) is 8.41. The van der Waals surface area contributed by atoms with E-state index in [-0.39, 0.29) is 0 Å². The van der Waals surface area contributed by atoms with E-state index in [1.54, 1.807) is 21.3 Å². The normalized spacial score (nSPS) is 16.8. The zero-order chi connectivity index (χ0) is 22.1. The number of methoxy groups -OCH3 is 3. The fourth-order valence-corrected chi connectivity index (χ4v) is 3.82. The van der Waals surface area contributed by atoms with Crippen LogP contribution in [0.5, 0.6) is 17.2 Å². The van der Waals surface area contributed by atoms with Gasteiger partial charge in [-0.25, -0.2) is 4.99 Å². The van der Waals surface area contributed by atoms with E-state index in [0.29, 0.717) is 12.6 Å². The second-order valence-electron chi connectivity index (χ2n) is 7.59. The summed E-state index contributed by atoms with van der Waals surface area (Å²) in [6, 6.07) is 14.4. The molecule has 1 aliphatic heterocycles. The van der Waals surface area contributed by atoms with Gasteiger partial charge in [-0.3, -0.25) is 4.90 Å². The number of aliphatic imine (C=N–C) groups is 1. The number of likely N-dealkylation sites (tertiary alicyclic amines) is 1. The van der Waals surface area contributed by atoms with Gasteiger partial charge < -0.3 is 24.8 Å². The molecule has 3 rings (SSSR count). The van der Waals surface area contributed by atoms with Crippen molar-refractivity contribution in [1.82, 2.24) is 15.5 Å². The van der Waals surface area contributed by atoms with Crippen LogP contribution in [0.4, 0.5) is 0 Å². The molecule has 0 saturated carbocycles. The Morgan fingerprint density at radius 3 is 2.48 bits per heavy atom. The molecule has 2 N–H and O–H groups in total. The predicted octanol–water partition coefficient (Wildman–Crippen LogP) is 3.04. The van der Waals surface area contributed by atoms with Crippen LogP contribution in [0.25, 0.3) is 0 Å². The van der Waals surface area contributed by atoms with Crippen molar-refractivity contribution in [3.8, 4) is 17.2 Å². The first-order valence-corrected chi connectivity index (χ1v) is 10.8. The van der Waals surface area contributed by atoms with E-state index in [4.69, 9.17) is 19.2 Å². The summed E-state index contributed by atoms with van der Waals surface area (Å²) in [6.07, 6.45) is 1.07. The highest BCUT2D eigenvalue weighted by Gasteiger charge is 2.23. The highest BCUT2D eigenvalue weighted by atomic mass is 16.5. The van der Waals surface area contributed by atoms with Crippen molar-refractivity contribution < 1.29 is 14.2 Å². The van der Waals surface area contributed by atoms with Gasteiger partial charge in [0.25, 0.3) is 0 Å². The van der Waals surface area contributed by atoms with Crippen LogP contribution in [0, 0.1) is 0 Å². The maximum atomic E-state index is 5.44. The molecule has 2 aromatic rings. The van der Waals surface area contributed by atoms with E-state index < -0.39 is 0 Å². The average molecular weight is 427 g/mol. The largest absolute Gasteiger partial charge is 0.497 e. The molecule has 1 aliphatic rings. The fraction of sp³-hybridized carbons (Fsp3) is 0.458. The van der Waals surface area contributed by atoms with Gasteiger partial charge in [-0.2, -0.15) is 0 Å². The maximum absolute atomic E-state index is 5.44. The second kappa shape index (κ2) is 11.5. The minimum Gasteiger partial charge on any atom is -0.497 e. The molecule has 0 amide bonds. The Bertz CT molecular complexity index is 849. The van der Waals surface area contributed by atoms with Crippen LogP contribution in [0.15, 0.2) is 47.5 Å². The zero-order valence-electron chi connectivity index (χ0n) is 19.0. The molecule has 7 nitrogen and oxygen atoms in total. The van der Waals surface area contributed by atoms with E-state index in [2.05, 4.69) is 34.6 Å². The number of guanidine groups is 1. The van der Waals surface area contributed by atoms with E-state index >= 15 is 0 Å². The van der Waals surface area contributed by atoms with Crippen LogP contribution >= 0.6 is 0 Å². The van der Waals surface area contributed by atoms with Gasteiger partial charge in [0.1, 0.15) is 17.2 Å². The predicted molar refractivity (Wildman–Crippen MR) is 124 cm³/mol. The molecular formula is C24H34N4O3. The standard InChI is InChI=1S/C24H34N4O3/c1-5-25-24(26-15-19-8-6-7-9-23(19)31-4)27-20-10-11-28(17-20)16-18-12-21(29-2)14-22(13-18)30-3/h6-9,12-14,20H,5,10-11,15-17H2,1-4H3,(H2,25,26,27). The highest BCUT2D eigenvalue weighted by molar-refractivity contribution is 5.80. The molecule has 1 heterocycles. The Hall–Kier alpha value is -2.93. The molecule has 1 atom stereocenters. The molecule has 0 radical (unpaired) electrons. The highest BCUT2D eigenvalue weighted by Crippen LogP contribution is 2.24. The number of benzene rings is 2. The van der Waals surface area contributed by atoms with Gasteiger partial charge in [0, 0.05) is 43.9 Å². The van der Waals surface area contributed by atoms with E-state index in [1.165, 1.54) is 5.56 Å². The zero-order valence-corrected chi connectivity index (χ0v) is 19.0. The molecule has 2 aromatic carbocycles. The Labute approximate surface area is 185 Å². The lowest BCUT2D eigenvalue weighted by Gasteiger charge is -2.19. The SMILES string of the molecule is CCNC(=NCc1ccccc1OC)NC1CCN(Cc2cc(OC)cc(OC)c2)C1. The quantitative estimate of drug-likeness (QED) is 0.475. The number of rotatable bonds is 9. The number of ether oxygens (including phenoxy) is 3. The van der Waals surface area contributed by atoms with E-state index in [9.17, 15) is 0 Å². The fourth-order valence-electron chi connectivity index (χ4n) is 3.82. The summed E-state index contributed by atoms with van der Waals surface area (Å²) in [7, 11) is 5.05. The van der Waals surface area contributed by atoms with Crippen LogP contribution in [-0.2, 0) is 13.1 Å². The summed E-state index contributed by atoms with van der Waals surface area (Å²) in [5.41, 5.74) is 2.26. The van der Waals surface area contributed by atoms with Gasteiger partial charge in [-0.1, -0.05) is 18.2 Å². The van der Waals surface area contributed by atoms with Gasteiger partial charge in [0.05, 0.1) is 27.9 Å². The Balaban J connectivity index is 1.59. The first kappa shape index (κ1) is 22.7. The van der Waals surface area contributed by atoms with Crippen molar-refractivity contribution in [2.45, 2.75) is 32.5 Å². The van der Waals surface area contributed by atoms with Crippen LogP contribution in [0.2, 0.25) is 0 Å². The molecule has 1 saturated heterocycles. The topological polar surface area (TPSA) is 67.4 Å². The summed E-state index contributed by atoms with van der Waals surface area (Å²) < 4.78 is 16.2. The van der Waals surface area contributed by atoms with Gasteiger partial charge in [-0.05, 0) is 37.1 Å². The lowest BCUT2D eigenvalue weighted by molar-refractivity contribution is 0.321. The maximum Gasteiger partial charge on any atom is 0.191 e. The lowest BCUT2D eigenvalue weighted by atomic mass is 10.2.